The molecule has 1 aliphatic carbocycles. The summed E-state index contributed by atoms with van der Waals surface area (Å²) in [6.07, 6.45) is 2.41. The van der Waals surface area contributed by atoms with Gasteiger partial charge in [-0.25, -0.2) is 0 Å². The van der Waals surface area contributed by atoms with Crippen LogP contribution in [-0.4, -0.2) is 16.9 Å². The number of halogens is 1. The normalized spacial score (nSPS) is 21.2. The van der Waals surface area contributed by atoms with Gasteiger partial charge in [0.25, 0.3) is 11.6 Å². The standard InChI is InChI=1S/C13H12ClN3O3/c14-10-5-4-8(6-12(10)17(19)20)13(18)16-11-3-1-2-9(11)7-15/h4-6,9,11H,1-3H2,(H,16,18). The molecule has 20 heavy (non-hydrogen) atoms. The van der Waals surface area contributed by atoms with Gasteiger partial charge in [-0.05, 0) is 31.4 Å². The van der Waals surface area contributed by atoms with E-state index in [1.165, 1.54) is 12.1 Å². The highest BCUT2D eigenvalue weighted by Crippen LogP contribution is 2.27. The minimum Gasteiger partial charge on any atom is -0.348 e. The Morgan fingerprint density at radius 2 is 2.25 bits per heavy atom. The summed E-state index contributed by atoms with van der Waals surface area (Å²) >= 11 is 5.70. The molecule has 1 aromatic carbocycles. The number of nitrogens with one attached hydrogen (secondary N) is 1. The number of rotatable bonds is 3. The van der Waals surface area contributed by atoms with Crippen LogP contribution >= 0.6 is 11.6 Å². The maximum absolute atomic E-state index is 12.1. The van der Waals surface area contributed by atoms with Gasteiger partial charge in [0.1, 0.15) is 5.02 Å². The van der Waals surface area contributed by atoms with Crippen molar-refractivity contribution in [1.82, 2.24) is 5.32 Å². The van der Waals surface area contributed by atoms with Crippen LogP contribution in [0.1, 0.15) is 29.6 Å². The van der Waals surface area contributed by atoms with Crippen molar-refractivity contribution in [2.24, 2.45) is 5.92 Å². The lowest BCUT2D eigenvalue weighted by Crippen LogP contribution is -2.36. The van der Waals surface area contributed by atoms with Crippen LogP contribution in [0.5, 0.6) is 0 Å². The topological polar surface area (TPSA) is 96.0 Å². The summed E-state index contributed by atoms with van der Waals surface area (Å²) in [5.41, 5.74) is -0.132. The Balaban J connectivity index is 2.16. The van der Waals surface area contributed by atoms with Crippen LogP contribution in [-0.2, 0) is 0 Å². The second-order valence-electron chi connectivity index (χ2n) is 4.67. The summed E-state index contributed by atoms with van der Waals surface area (Å²) in [7, 11) is 0. The first-order chi connectivity index (χ1) is 9.52. The number of carbonyl (C=O) groups is 1. The number of carbonyl (C=O) groups excluding carboxylic acids is 1. The Hall–Kier alpha value is -2.13. The van der Waals surface area contributed by atoms with Gasteiger partial charge in [0.05, 0.1) is 16.9 Å². The molecular formula is C13H12ClN3O3. The molecule has 1 aliphatic rings. The SMILES string of the molecule is N#CC1CCCC1NC(=O)c1ccc(Cl)c([N+](=O)[O-])c1. The Labute approximate surface area is 120 Å². The predicted octanol–water partition coefficient (Wildman–Crippen LogP) is 2.67. The Bertz CT molecular complexity index is 597. The molecule has 2 unspecified atom stereocenters. The van der Waals surface area contributed by atoms with Crippen LogP contribution in [0, 0.1) is 27.4 Å². The quantitative estimate of drug-likeness (QED) is 0.684. The maximum Gasteiger partial charge on any atom is 0.288 e. The number of hydrogen-bond acceptors (Lipinski definition) is 4. The first kappa shape index (κ1) is 14.3. The van der Waals surface area contributed by atoms with E-state index >= 15 is 0 Å². The average molecular weight is 294 g/mol. The average Bonchev–Trinajstić information content (AvgIpc) is 2.86. The fourth-order valence-electron chi connectivity index (χ4n) is 2.33. The third kappa shape index (κ3) is 2.89. The van der Waals surface area contributed by atoms with Crippen molar-refractivity contribution in [3.05, 3.63) is 38.9 Å². The number of nitro benzene ring substituents is 1. The third-order valence-electron chi connectivity index (χ3n) is 3.40. The number of hydrogen-bond donors (Lipinski definition) is 1. The van der Waals surface area contributed by atoms with Crippen LogP contribution in [0.2, 0.25) is 5.02 Å². The van der Waals surface area contributed by atoms with E-state index in [-0.39, 0.29) is 28.2 Å². The van der Waals surface area contributed by atoms with Gasteiger partial charge < -0.3 is 5.32 Å². The highest BCUT2D eigenvalue weighted by molar-refractivity contribution is 6.32. The lowest BCUT2D eigenvalue weighted by molar-refractivity contribution is -0.384. The second-order valence-corrected chi connectivity index (χ2v) is 5.08. The number of benzene rings is 1. The first-order valence-electron chi connectivity index (χ1n) is 6.17. The zero-order valence-electron chi connectivity index (χ0n) is 10.5. The summed E-state index contributed by atoms with van der Waals surface area (Å²) < 4.78 is 0. The highest BCUT2D eigenvalue weighted by Gasteiger charge is 2.29. The molecule has 7 heteroatoms. The molecular weight excluding hydrogens is 282 g/mol. The van der Waals surface area contributed by atoms with Crippen molar-refractivity contribution in [3.63, 3.8) is 0 Å². The molecule has 0 saturated heterocycles. The van der Waals surface area contributed by atoms with Crippen molar-refractivity contribution in [2.45, 2.75) is 25.3 Å². The number of nitro groups is 1. The van der Waals surface area contributed by atoms with Crippen LogP contribution in [0.4, 0.5) is 5.69 Å². The molecule has 0 bridgehead atoms. The molecule has 1 saturated carbocycles. The van der Waals surface area contributed by atoms with E-state index in [1.807, 2.05) is 0 Å². The summed E-state index contributed by atoms with van der Waals surface area (Å²) in [5.74, 6) is -0.613. The van der Waals surface area contributed by atoms with Crippen LogP contribution < -0.4 is 5.32 Å². The lowest BCUT2D eigenvalue weighted by atomic mass is 10.1. The van der Waals surface area contributed by atoms with Gasteiger partial charge in [-0.3, -0.25) is 14.9 Å². The van der Waals surface area contributed by atoms with Crippen molar-refractivity contribution < 1.29 is 9.72 Å². The zero-order chi connectivity index (χ0) is 14.7. The van der Waals surface area contributed by atoms with E-state index in [1.54, 1.807) is 0 Å². The summed E-state index contributed by atoms with van der Waals surface area (Å²) in [6.45, 7) is 0. The van der Waals surface area contributed by atoms with Gasteiger partial charge in [-0.15, -0.1) is 0 Å². The van der Waals surface area contributed by atoms with Gasteiger partial charge in [0, 0.05) is 17.7 Å². The zero-order valence-corrected chi connectivity index (χ0v) is 11.3. The predicted molar refractivity (Wildman–Crippen MR) is 72.3 cm³/mol. The highest BCUT2D eigenvalue weighted by atomic mass is 35.5. The minimum absolute atomic E-state index is 0.0117. The van der Waals surface area contributed by atoms with Crippen molar-refractivity contribution in [1.29, 1.82) is 5.26 Å². The molecule has 6 nitrogen and oxygen atoms in total. The Kier molecular flexibility index (Phi) is 4.20. The van der Waals surface area contributed by atoms with E-state index in [4.69, 9.17) is 16.9 Å². The molecule has 0 aromatic heterocycles. The third-order valence-corrected chi connectivity index (χ3v) is 3.72. The Morgan fingerprint density at radius 3 is 2.90 bits per heavy atom. The van der Waals surface area contributed by atoms with Gasteiger partial charge >= 0.3 is 0 Å². The molecule has 2 rings (SSSR count). The maximum atomic E-state index is 12.1. The lowest BCUT2D eigenvalue weighted by Gasteiger charge is -2.15. The molecule has 1 aromatic rings. The van der Waals surface area contributed by atoms with E-state index in [2.05, 4.69) is 11.4 Å². The molecule has 0 radical (unpaired) electrons. The fourth-order valence-corrected chi connectivity index (χ4v) is 2.52. The van der Waals surface area contributed by atoms with E-state index < -0.39 is 10.8 Å². The van der Waals surface area contributed by atoms with E-state index in [9.17, 15) is 14.9 Å². The minimum atomic E-state index is -0.632. The summed E-state index contributed by atoms with van der Waals surface area (Å²) in [4.78, 5) is 22.2. The first-order valence-corrected chi connectivity index (χ1v) is 6.55. The van der Waals surface area contributed by atoms with Crippen molar-refractivity contribution in [3.8, 4) is 6.07 Å². The number of nitrogens with zero attached hydrogens (tertiary/aromatic N) is 2. The van der Waals surface area contributed by atoms with Crippen molar-refractivity contribution in [2.75, 3.05) is 0 Å². The molecule has 1 N–H and O–H groups in total. The molecule has 0 spiro atoms. The number of amides is 1. The van der Waals surface area contributed by atoms with Crippen LogP contribution in [0.15, 0.2) is 18.2 Å². The van der Waals surface area contributed by atoms with Gasteiger partial charge in [-0.1, -0.05) is 11.6 Å². The van der Waals surface area contributed by atoms with E-state index in [0.29, 0.717) is 0 Å². The molecule has 2 atom stereocenters. The van der Waals surface area contributed by atoms with Crippen molar-refractivity contribution >= 4 is 23.2 Å². The van der Waals surface area contributed by atoms with Gasteiger partial charge in [0.2, 0.25) is 0 Å². The summed E-state index contributed by atoms with van der Waals surface area (Å²) in [6, 6.07) is 5.88. The molecule has 1 fully saturated rings. The van der Waals surface area contributed by atoms with Gasteiger partial charge in [0.15, 0.2) is 0 Å². The summed E-state index contributed by atoms with van der Waals surface area (Å²) in [5, 5.41) is 22.5. The molecule has 104 valence electrons. The fraction of sp³-hybridized carbons (Fsp3) is 0.385. The number of nitriles is 1. The smallest absolute Gasteiger partial charge is 0.288 e. The second kappa shape index (κ2) is 5.88. The Morgan fingerprint density at radius 1 is 1.50 bits per heavy atom. The van der Waals surface area contributed by atoms with Crippen LogP contribution in [0.25, 0.3) is 0 Å². The van der Waals surface area contributed by atoms with Gasteiger partial charge in [-0.2, -0.15) is 5.26 Å². The largest absolute Gasteiger partial charge is 0.348 e. The molecule has 0 heterocycles. The van der Waals surface area contributed by atoms with E-state index in [0.717, 1.165) is 25.3 Å². The monoisotopic (exact) mass is 293 g/mol. The molecule has 0 aliphatic heterocycles. The van der Waals surface area contributed by atoms with Crippen LogP contribution in [0.3, 0.4) is 0 Å². The molecule has 1 amide bonds.